The molecule has 0 aliphatic carbocycles. The lowest BCUT2D eigenvalue weighted by atomic mass is 10.2. The monoisotopic (exact) mass is 330 g/mol. The molecule has 1 aliphatic heterocycles. The van der Waals surface area contributed by atoms with Crippen LogP contribution in [0.4, 0.5) is 0 Å². The van der Waals surface area contributed by atoms with Gasteiger partial charge in [0.05, 0.1) is 25.5 Å². The second-order valence-electron chi connectivity index (χ2n) is 5.95. The number of nitrogens with one attached hydrogen (secondary N) is 1. The Kier molecular flexibility index (Phi) is 5.12. The highest BCUT2D eigenvalue weighted by atomic mass is 16.5. The van der Waals surface area contributed by atoms with Crippen LogP contribution in [0.1, 0.15) is 5.56 Å². The van der Waals surface area contributed by atoms with Gasteiger partial charge in [-0.3, -0.25) is 14.4 Å². The fraction of sp³-hybridized carbons (Fsp3) is 0.412. The van der Waals surface area contributed by atoms with E-state index in [0.29, 0.717) is 25.4 Å². The predicted molar refractivity (Wildman–Crippen MR) is 88.7 cm³/mol. The molecular weight excluding hydrogens is 308 g/mol. The molecule has 2 atom stereocenters. The summed E-state index contributed by atoms with van der Waals surface area (Å²) in [4.78, 5) is 13.3. The van der Waals surface area contributed by atoms with E-state index in [1.807, 2.05) is 41.4 Å². The molecule has 7 nitrogen and oxygen atoms in total. The molecule has 0 spiro atoms. The van der Waals surface area contributed by atoms with Crippen LogP contribution in [0.5, 0.6) is 5.75 Å². The summed E-state index contributed by atoms with van der Waals surface area (Å²) in [6.45, 7) is 1.87. The Labute approximate surface area is 140 Å². The van der Waals surface area contributed by atoms with Gasteiger partial charge < -0.3 is 15.2 Å². The van der Waals surface area contributed by atoms with Crippen LogP contribution in [-0.4, -0.2) is 64.6 Å². The van der Waals surface area contributed by atoms with Crippen molar-refractivity contribution in [2.75, 3.05) is 26.7 Å². The molecule has 128 valence electrons. The molecule has 3 rings (SSSR count). The molecule has 7 heteroatoms. The van der Waals surface area contributed by atoms with Gasteiger partial charge in [-0.25, -0.2) is 0 Å². The number of β-amino-alcohol motifs (C(OH)–C–C–N with tert-alkyl or cyclic N) is 1. The van der Waals surface area contributed by atoms with Crippen molar-refractivity contribution in [1.82, 2.24) is 20.0 Å². The second-order valence-corrected chi connectivity index (χ2v) is 5.95. The van der Waals surface area contributed by atoms with E-state index in [1.54, 1.807) is 17.9 Å². The Hall–Kier alpha value is -2.38. The zero-order valence-corrected chi connectivity index (χ0v) is 13.6. The van der Waals surface area contributed by atoms with Crippen LogP contribution in [0.15, 0.2) is 42.7 Å². The molecule has 1 aromatic heterocycles. The van der Waals surface area contributed by atoms with Crippen molar-refractivity contribution in [2.45, 2.75) is 18.8 Å². The van der Waals surface area contributed by atoms with Crippen LogP contribution < -0.4 is 10.1 Å². The van der Waals surface area contributed by atoms with Gasteiger partial charge >= 0.3 is 0 Å². The normalized spacial score (nSPS) is 20.9. The molecule has 1 fully saturated rings. The van der Waals surface area contributed by atoms with Crippen LogP contribution in [0, 0.1) is 0 Å². The smallest absolute Gasteiger partial charge is 0.233 e. The summed E-state index contributed by atoms with van der Waals surface area (Å²) in [5.41, 5.74) is 1.16. The summed E-state index contributed by atoms with van der Waals surface area (Å²) in [5.74, 6) is 0.551. The Balaban J connectivity index is 1.56. The summed E-state index contributed by atoms with van der Waals surface area (Å²) < 4.78 is 7.64. The number of carbonyl (C=O) groups excluding carboxylic acids is 1. The minimum Gasteiger partial charge on any atom is -0.483 e. The molecule has 2 heterocycles. The quantitative estimate of drug-likeness (QED) is 0.785. The molecule has 0 radical (unpaired) electrons. The van der Waals surface area contributed by atoms with Crippen LogP contribution in [0.3, 0.4) is 0 Å². The summed E-state index contributed by atoms with van der Waals surface area (Å²) >= 11 is 0. The van der Waals surface area contributed by atoms with Gasteiger partial charge in [0.2, 0.25) is 5.91 Å². The number of aliphatic hydroxyl groups excluding tert-OH is 1. The zero-order valence-electron chi connectivity index (χ0n) is 13.6. The van der Waals surface area contributed by atoms with E-state index in [-0.39, 0.29) is 18.6 Å². The van der Waals surface area contributed by atoms with E-state index in [4.69, 9.17) is 4.74 Å². The zero-order chi connectivity index (χ0) is 16.9. The number of hydrogen-bond acceptors (Lipinski definition) is 5. The fourth-order valence-electron chi connectivity index (χ4n) is 2.80. The Morgan fingerprint density at radius 2 is 2.17 bits per heavy atom. The minimum absolute atomic E-state index is 0.0708. The lowest BCUT2D eigenvalue weighted by Gasteiger charge is -2.15. The molecule has 1 aromatic carbocycles. The number of carbonyl (C=O) groups is 1. The van der Waals surface area contributed by atoms with E-state index in [9.17, 15) is 9.90 Å². The van der Waals surface area contributed by atoms with Crippen molar-refractivity contribution >= 4 is 5.91 Å². The molecule has 2 N–H and O–H groups in total. The lowest BCUT2D eigenvalue weighted by molar-refractivity contribution is -0.121. The van der Waals surface area contributed by atoms with Gasteiger partial charge in [0.25, 0.3) is 0 Å². The van der Waals surface area contributed by atoms with Gasteiger partial charge in [-0.15, -0.1) is 0 Å². The summed E-state index contributed by atoms with van der Waals surface area (Å²) in [7, 11) is 1.60. The molecule has 0 unspecified atom stereocenters. The number of amides is 1. The molecule has 1 aliphatic rings. The number of benzene rings is 1. The molecule has 24 heavy (non-hydrogen) atoms. The van der Waals surface area contributed by atoms with Gasteiger partial charge in [0.15, 0.2) is 5.75 Å². The maximum Gasteiger partial charge on any atom is 0.233 e. The van der Waals surface area contributed by atoms with Gasteiger partial charge in [-0.2, -0.15) is 5.10 Å². The first kappa shape index (κ1) is 16.5. The lowest BCUT2D eigenvalue weighted by Crippen LogP contribution is -2.35. The summed E-state index contributed by atoms with van der Waals surface area (Å²) in [6, 6.07) is 10.0. The topological polar surface area (TPSA) is 79.6 Å². The van der Waals surface area contributed by atoms with E-state index in [0.717, 1.165) is 5.56 Å². The number of aliphatic hydroxyl groups is 1. The summed E-state index contributed by atoms with van der Waals surface area (Å²) in [5, 5.41) is 17.0. The first-order chi connectivity index (χ1) is 11.6. The Morgan fingerprint density at radius 1 is 1.38 bits per heavy atom. The van der Waals surface area contributed by atoms with Crippen LogP contribution in [-0.2, 0) is 11.3 Å². The SMILES string of the molecule is CNC(=O)CN1C[C@@H](O)[C@H](Oc2cnn(Cc3ccccc3)c2)C1. The summed E-state index contributed by atoms with van der Waals surface area (Å²) in [6.07, 6.45) is 2.49. The fourth-order valence-corrected chi connectivity index (χ4v) is 2.80. The number of nitrogens with zero attached hydrogens (tertiary/aromatic N) is 3. The standard InChI is InChI=1S/C17H22N4O3/c1-18-17(23)12-20-10-15(22)16(11-20)24-14-7-19-21(9-14)8-13-5-3-2-4-6-13/h2-7,9,15-16,22H,8,10-12H2,1H3,(H,18,23)/t15-,16-/m1/s1. The van der Waals surface area contributed by atoms with Crippen molar-refractivity contribution in [1.29, 1.82) is 0 Å². The third kappa shape index (κ3) is 4.12. The Bertz CT molecular complexity index is 673. The highest BCUT2D eigenvalue weighted by Gasteiger charge is 2.33. The molecule has 0 saturated carbocycles. The van der Waals surface area contributed by atoms with Crippen LogP contribution in [0.25, 0.3) is 0 Å². The number of ether oxygens (including phenoxy) is 1. The van der Waals surface area contributed by atoms with Crippen LogP contribution >= 0.6 is 0 Å². The predicted octanol–water partition coefficient (Wildman–Crippen LogP) is 0.101. The highest BCUT2D eigenvalue weighted by Crippen LogP contribution is 2.18. The van der Waals surface area contributed by atoms with Gasteiger partial charge in [-0.1, -0.05) is 30.3 Å². The van der Waals surface area contributed by atoms with Crippen LogP contribution in [0.2, 0.25) is 0 Å². The van der Waals surface area contributed by atoms with Gasteiger partial charge in [0, 0.05) is 20.1 Å². The largest absolute Gasteiger partial charge is 0.483 e. The second kappa shape index (κ2) is 7.46. The van der Waals surface area contributed by atoms with Gasteiger partial charge in [-0.05, 0) is 5.56 Å². The number of likely N-dealkylation sites (N-methyl/N-ethyl adjacent to an activating group) is 1. The third-order valence-corrected chi connectivity index (χ3v) is 4.04. The number of likely N-dealkylation sites (tertiary alicyclic amines) is 1. The van der Waals surface area contributed by atoms with E-state index in [2.05, 4.69) is 10.4 Å². The van der Waals surface area contributed by atoms with Crippen molar-refractivity contribution < 1.29 is 14.6 Å². The van der Waals surface area contributed by atoms with Crippen molar-refractivity contribution in [2.24, 2.45) is 0 Å². The first-order valence-electron chi connectivity index (χ1n) is 7.98. The molecule has 1 saturated heterocycles. The minimum atomic E-state index is -0.618. The molecule has 1 amide bonds. The van der Waals surface area contributed by atoms with Crippen molar-refractivity contribution in [3.63, 3.8) is 0 Å². The Morgan fingerprint density at radius 3 is 2.92 bits per heavy atom. The number of rotatable bonds is 6. The third-order valence-electron chi connectivity index (χ3n) is 4.04. The molecule has 2 aromatic rings. The van der Waals surface area contributed by atoms with Crippen molar-refractivity contribution in [3.05, 3.63) is 48.3 Å². The van der Waals surface area contributed by atoms with E-state index in [1.165, 1.54) is 0 Å². The van der Waals surface area contributed by atoms with E-state index >= 15 is 0 Å². The van der Waals surface area contributed by atoms with Crippen molar-refractivity contribution in [3.8, 4) is 5.75 Å². The maximum atomic E-state index is 11.4. The van der Waals surface area contributed by atoms with E-state index < -0.39 is 6.10 Å². The number of aromatic nitrogens is 2. The average Bonchev–Trinajstić information content (AvgIpc) is 3.15. The average molecular weight is 330 g/mol. The first-order valence-corrected chi connectivity index (χ1v) is 7.98. The molecular formula is C17H22N4O3. The maximum absolute atomic E-state index is 11.4. The highest BCUT2D eigenvalue weighted by molar-refractivity contribution is 5.77. The molecule has 0 bridgehead atoms. The van der Waals surface area contributed by atoms with Gasteiger partial charge in [0.1, 0.15) is 12.2 Å². The number of hydrogen-bond donors (Lipinski definition) is 2.